The number of rotatable bonds is 5. The molecule has 1 aromatic carbocycles. The first-order valence-corrected chi connectivity index (χ1v) is 4.89. The Balaban J connectivity index is 3.18. The number of allylic oxidation sites excluding steroid dienone is 1. The summed E-state index contributed by atoms with van der Waals surface area (Å²) in [4.78, 5) is 21.0. The van der Waals surface area contributed by atoms with Crippen LogP contribution in [-0.2, 0) is 9.59 Å². The number of carboxylic acid groups (broad SMARTS) is 1. The van der Waals surface area contributed by atoms with Gasteiger partial charge in [0.1, 0.15) is 11.5 Å². The van der Waals surface area contributed by atoms with Gasteiger partial charge in [0.15, 0.2) is 0 Å². The summed E-state index contributed by atoms with van der Waals surface area (Å²) in [6.45, 7) is 1.92. The Labute approximate surface area is 98.0 Å². The second kappa shape index (κ2) is 5.69. The number of aliphatic carboxylic acids is 1. The van der Waals surface area contributed by atoms with Gasteiger partial charge < -0.3 is 14.9 Å². The largest absolute Gasteiger partial charge is 0.508 e. The monoisotopic (exact) mass is 236 g/mol. The van der Waals surface area contributed by atoms with Crippen LogP contribution in [0.25, 0.3) is 5.57 Å². The minimum atomic E-state index is -0.983. The van der Waals surface area contributed by atoms with Gasteiger partial charge in [0.05, 0.1) is 6.42 Å². The number of hydrogen-bond donors (Lipinski definition) is 2. The summed E-state index contributed by atoms with van der Waals surface area (Å²) in [6, 6.07) is 4.17. The van der Waals surface area contributed by atoms with Gasteiger partial charge in [0.2, 0.25) is 0 Å². The molecule has 0 saturated carbocycles. The molecule has 90 valence electrons. The third-order valence-corrected chi connectivity index (χ3v) is 2.18. The molecule has 0 aliphatic rings. The fourth-order valence-electron chi connectivity index (χ4n) is 1.44. The summed E-state index contributed by atoms with van der Waals surface area (Å²) >= 11 is 0. The van der Waals surface area contributed by atoms with Gasteiger partial charge in [-0.15, -0.1) is 0 Å². The van der Waals surface area contributed by atoms with E-state index in [1.807, 2.05) is 0 Å². The molecule has 0 fully saturated rings. The molecule has 0 aliphatic heterocycles. The van der Waals surface area contributed by atoms with Crippen molar-refractivity contribution < 1.29 is 24.5 Å². The van der Waals surface area contributed by atoms with Crippen molar-refractivity contribution in [2.45, 2.75) is 13.3 Å². The van der Waals surface area contributed by atoms with Gasteiger partial charge in [-0.3, -0.25) is 9.59 Å². The summed E-state index contributed by atoms with van der Waals surface area (Å²) in [5.41, 5.74) is 0.981. The number of phenols is 1. The molecule has 1 rings (SSSR count). The van der Waals surface area contributed by atoms with Gasteiger partial charge in [0.25, 0.3) is 6.47 Å². The normalized spacial score (nSPS) is 11.0. The van der Waals surface area contributed by atoms with Crippen molar-refractivity contribution >= 4 is 18.0 Å². The first kappa shape index (κ1) is 12.8. The summed E-state index contributed by atoms with van der Waals surface area (Å²) < 4.78 is 4.71. The molecular weight excluding hydrogens is 224 g/mol. The van der Waals surface area contributed by atoms with Crippen LogP contribution in [0.2, 0.25) is 0 Å². The van der Waals surface area contributed by atoms with Crippen LogP contribution in [0.15, 0.2) is 24.3 Å². The number of benzene rings is 1. The zero-order valence-corrected chi connectivity index (χ0v) is 9.21. The zero-order valence-electron chi connectivity index (χ0n) is 9.21. The third kappa shape index (κ3) is 3.34. The van der Waals surface area contributed by atoms with Gasteiger partial charge in [-0.2, -0.15) is 0 Å². The van der Waals surface area contributed by atoms with E-state index in [0.717, 1.165) is 0 Å². The zero-order chi connectivity index (χ0) is 12.8. The Morgan fingerprint density at radius 2 is 2.18 bits per heavy atom. The second-order valence-corrected chi connectivity index (χ2v) is 3.28. The highest BCUT2D eigenvalue weighted by Gasteiger charge is 2.12. The topological polar surface area (TPSA) is 83.8 Å². The van der Waals surface area contributed by atoms with E-state index in [1.54, 1.807) is 13.0 Å². The van der Waals surface area contributed by atoms with Crippen molar-refractivity contribution in [2.24, 2.45) is 0 Å². The molecule has 1 aromatic rings. The molecule has 0 atom stereocenters. The average molecular weight is 236 g/mol. The SMILES string of the molecule is C/C=C(/CC(=O)O)c1ccc(O)cc1OC=O. The number of carbonyl (C=O) groups excluding carboxylic acids is 1. The molecule has 0 bridgehead atoms. The molecule has 17 heavy (non-hydrogen) atoms. The Bertz CT molecular complexity index is 462. The molecule has 2 N–H and O–H groups in total. The maximum atomic E-state index is 10.7. The van der Waals surface area contributed by atoms with Crippen LogP contribution in [0.4, 0.5) is 0 Å². The minimum absolute atomic E-state index is 0.0589. The van der Waals surface area contributed by atoms with E-state index in [0.29, 0.717) is 11.1 Å². The molecule has 0 saturated heterocycles. The van der Waals surface area contributed by atoms with Gasteiger partial charge in [-0.05, 0) is 24.6 Å². The van der Waals surface area contributed by atoms with Gasteiger partial charge >= 0.3 is 5.97 Å². The lowest BCUT2D eigenvalue weighted by Gasteiger charge is -2.09. The fraction of sp³-hybridized carbons (Fsp3) is 0.167. The standard InChI is InChI=1S/C12H12O5/c1-2-8(5-12(15)16)10-4-3-9(14)6-11(10)17-7-13/h2-4,6-7,14H,5H2,1H3,(H,15,16)/b8-2-. The molecule has 0 radical (unpaired) electrons. The van der Waals surface area contributed by atoms with Crippen molar-refractivity contribution in [1.82, 2.24) is 0 Å². The third-order valence-electron chi connectivity index (χ3n) is 2.18. The van der Waals surface area contributed by atoms with Crippen molar-refractivity contribution in [3.05, 3.63) is 29.8 Å². The van der Waals surface area contributed by atoms with E-state index < -0.39 is 5.97 Å². The van der Waals surface area contributed by atoms with Crippen molar-refractivity contribution in [3.63, 3.8) is 0 Å². The van der Waals surface area contributed by atoms with Crippen LogP contribution in [-0.4, -0.2) is 22.7 Å². The lowest BCUT2D eigenvalue weighted by Crippen LogP contribution is -2.00. The number of ether oxygens (including phenoxy) is 1. The summed E-state index contributed by atoms with van der Waals surface area (Å²) in [5.74, 6) is -0.908. The quantitative estimate of drug-likeness (QED) is 0.761. The maximum Gasteiger partial charge on any atom is 0.307 e. The fourth-order valence-corrected chi connectivity index (χ4v) is 1.44. The van der Waals surface area contributed by atoms with E-state index in [1.165, 1.54) is 18.2 Å². The Hall–Kier alpha value is -2.30. The summed E-state index contributed by atoms with van der Waals surface area (Å²) in [5, 5.41) is 18.0. The van der Waals surface area contributed by atoms with Crippen LogP contribution in [0.1, 0.15) is 18.9 Å². The minimum Gasteiger partial charge on any atom is -0.508 e. The number of carboxylic acids is 1. The van der Waals surface area contributed by atoms with Crippen LogP contribution < -0.4 is 4.74 Å². The number of hydrogen-bond acceptors (Lipinski definition) is 4. The van der Waals surface area contributed by atoms with E-state index in [4.69, 9.17) is 9.84 Å². The predicted molar refractivity (Wildman–Crippen MR) is 60.7 cm³/mol. The second-order valence-electron chi connectivity index (χ2n) is 3.28. The van der Waals surface area contributed by atoms with Crippen LogP contribution in [0.5, 0.6) is 11.5 Å². The molecule has 0 aliphatic carbocycles. The molecule has 5 heteroatoms. The van der Waals surface area contributed by atoms with Crippen molar-refractivity contribution in [1.29, 1.82) is 0 Å². The van der Waals surface area contributed by atoms with Crippen molar-refractivity contribution in [2.75, 3.05) is 0 Å². The first-order chi connectivity index (χ1) is 8.08. The molecule has 0 heterocycles. The van der Waals surface area contributed by atoms with Gasteiger partial charge in [-0.25, -0.2) is 0 Å². The molecule has 5 nitrogen and oxygen atoms in total. The van der Waals surface area contributed by atoms with Crippen LogP contribution >= 0.6 is 0 Å². The molecule has 0 unspecified atom stereocenters. The first-order valence-electron chi connectivity index (χ1n) is 4.89. The average Bonchev–Trinajstić information content (AvgIpc) is 2.27. The van der Waals surface area contributed by atoms with E-state index in [2.05, 4.69) is 0 Å². The molecular formula is C12H12O5. The van der Waals surface area contributed by atoms with Gasteiger partial charge in [0, 0.05) is 11.6 Å². The highest BCUT2D eigenvalue weighted by molar-refractivity contribution is 5.86. The number of carbonyl (C=O) groups is 2. The van der Waals surface area contributed by atoms with E-state index in [9.17, 15) is 14.7 Å². The Morgan fingerprint density at radius 3 is 2.71 bits per heavy atom. The number of phenolic OH excluding ortho intramolecular Hbond substituents is 1. The Kier molecular flexibility index (Phi) is 4.28. The van der Waals surface area contributed by atoms with E-state index in [-0.39, 0.29) is 24.4 Å². The predicted octanol–water partition coefficient (Wildman–Crippen LogP) is 1.81. The lowest BCUT2D eigenvalue weighted by molar-refractivity contribution is -0.135. The Morgan fingerprint density at radius 1 is 1.47 bits per heavy atom. The molecule has 0 aromatic heterocycles. The van der Waals surface area contributed by atoms with Crippen LogP contribution in [0, 0.1) is 0 Å². The summed E-state index contributed by atoms with van der Waals surface area (Å²) in [7, 11) is 0. The molecule has 0 spiro atoms. The maximum absolute atomic E-state index is 10.7. The van der Waals surface area contributed by atoms with Crippen molar-refractivity contribution in [3.8, 4) is 11.5 Å². The lowest BCUT2D eigenvalue weighted by atomic mass is 10.0. The number of aromatic hydroxyl groups is 1. The van der Waals surface area contributed by atoms with Crippen LogP contribution in [0.3, 0.4) is 0 Å². The smallest absolute Gasteiger partial charge is 0.307 e. The van der Waals surface area contributed by atoms with E-state index >= 15 is 0 Å². The summed E-state index contributed by atoms with van der Waals surface area (Å²) in [6.07, 6.45) is 1.44. The highest BCUT2D eigenvalue weighted by atomic mass is 16.5. The molecule has 0 amide bonds. The van der Waals surface area contributed by atoms with Gasteiger partial charge in [-0.1, -0.05) is 6.08 Å². The highest BCUT2D eigenvalue weighted by Crippen LogP contribution is 2.31.